The summed E-state index contributed by atoms with van der Waals surface area (Å²) in [6.07, 6.45) is 4.85. The number of hydrogen-bond donors (Lipinski definition) is 1. The molecule has 1 atom stereocenters. The van der Waals surface area contributed by atoms with Gasteiger partial charge in [0.1, 0.15) is 35.4 Å². The van der Waals surface area contributed by atoms with E-state index in [1.54, 1.807) is 35.8 Å². The first-order valence-corrected chi connectivity index (χ1v) is 9.08. The number of thiophene rings is 1. The fraction of sp³-hybridized carbons (Fsp3) is 0.222. The van der Waals surface area contributed by atoms with E-state index in [0.717, 1.165) is 32.9 Å². The van der Waals surface area contributed by atoms with Crippen LogP contribution in [-0.2, 0) is 6.54 Å². The predicted molar refractivity (Wildman–Crippen MR) is 103 cm³/mol. The number of aromatic nitrogens is 5. The molecule has 1 aromatic carbocycles. The van der Waals surface area contributed by atoms with Crippen LogP contribution in [0.1, 0.15) is 6.92 Å². The highest BCUT2D eigenvalue weighted by atomic mass is 32.1. The molecule has 0 unspecified atom stereocenters. The van der Waals surface area contributed by atoms with Gasteiger partial charge in [0.15, 0.2) is 0 Å². The molecule has 0 aliphatic rings. The second-order valence-corrected chi connectivity index (χ2v) is 6.80. The Kier molecular flexibility index (Phi) is 4.49. The van der Waals surface area contributed by atoms with Gasteiger partial charge in [-0.2, -0.15) is 5.10 Å². The zero-order valence-electron chi connectivity index (χ0n) is 14.5. The minimum atomic E-state index is 0.137. The lowest BCUT2D eigenvalue weighted by Crippen LogP contribution is -2.23. The number of nitrogens with zero attached hydrogens (tertiary/aromatic N) is 5. The molecule has 0 bridgehead atoms. The zero-order valence-corrected chi connectivity index (χ0v) is 15.3. The van der Waals surface area contributed by atoms with Crippen molar-refractivity contribution in [2.75, 3.05) is 12.4 Å². The Morgan fingerprint density at radius 3 is 2.77 bits per heavy atom. The van der Waals surface area contributed by atoms with Crippen LogP contribution in [0.5, 0.6) is 5.75 Å². The molecule has 8 heteroatoms. The van der Waals surface area contributed by atoms with Gasteiger partial charge in [-0.3, -0.25) is 4.68 Å². The van der Waals surface area contributed by atoms with Gasteiger partial charge in [-0.15, -0.1) is 11.3 Å². The van der Waals surface area contributed by atoms with Crippen LogP contribution in [0.4, 0.5) is 5.82 Å². The molecule has 26 heavy (non-hydrogen) atoms. The van der Waals surface area contributed by atoms with Crippen LogP contribution in [0, 0.1) is 0 Å². The van der Waals surface area contributed by atoms with Crippen molar-refractivity contribution in [3.8, 4) is 16.9 Å². The lowest BCUT2D eigenvalue weighted by molar-refractivity contribution is 0.415. The fourth-order valence-electron chi connectivity index (χ4n) is 2.85. The first kappa shape index (κ1) is 16.5. The van der Waals surface area contributed by atoms with Crippen molar-refractivity contribution in [3.63, 3.8) is 0 Å². The molecule has 0 saturated heterocycles. The number of anilines is 1. The van der Waals surface area contributed by atoms with Crippen molar-refractivity contribution in [3.05, 3.63) is 48.6 Å². The van der Waals surface area contributed by atoms with Crippen LogP contribution in [-0.4, -0.2) is 37.9 Å². The second-order valence-electron chi connectivity index (χ2n) is 5.94. The smallest absolute Gasteiger partial charge is 0.139 e. The van der Waals surface area contributed by atoms with E-state index in [4.69, 9.17) is 4.74 Å². The Morgan fingerprint density at radius 1 is 1.19 bits per heavy atom. The minimum Gasteiger partial charge on any atom is -0.497 e. The number of rotatable bonds is 6. The summed E-state index contributed by atoms with van der Waals surface area (Å²) in [4.78, 5) is 13.8. The van der Waals surface area contributed by atoms with Crippen LogP contribution < -0.4 is 10.1 Å². The SMILES string of the molecule is COc1ccc(-c2csc3ncnc(N[C@@H](C)Cn4cncn4)c23)cc1. The van der Waals surface area contributed by atoms with Crippen LogP contribution in [0.25, 0.3) is 21.3 Å². The van der Waals surface area contributed by atoms with E-state index in [1.165, 1.54) is 6.33 Å². The van der Waals surface area contributed by atoms with Gasteiger partial charge in [0.25, 0.3) is 0 Å². The van der Waals surface area contributed by atoms with Gasteiger partial charge in [-0.1, -0.05) is 12.1 Å². The summed E-state index contributed by atoms with van der Waals surface area (Å²) in [7, 11) is 1.67. The highest BCUT2D eigenvalue weighted by Crippen LogP contribution is 2.37. The molecule has 0 amide bonds. The highest BCUT2D eigenvalue weighted by Gasteiger charge is 2.15. The molecule has 132 valence electrons. The summed E-state index contributed by atoms with van der Waals surface area (Å²) in [5.74, 6) is 1.67. The third-order valence-corrected chi connectivity index (χ3v) is 4.97. The molecular formula is C18H18N6OS. The van der Waals surface area contributed by atoms with Crippen LogP contribution in [0.3, 0.4) is 0 Å². The maximum Gasteiger partial charge on any atom is 0.139 e. The summed E-state index contributed by atoms with van der Waals surface area (Å²) in [5, 5.41) is 10.8. The first-order valence-electron chi connectivity index (χ1n) is 8.20. The monoisotopic (exact) mass is 366 g/mol. The van der Waals surface area contributed by atoms with Crippen LogP contribution in [0.2, 0.25) is 0 Å². The molecule has 0 fully saturated rings. The van der Waals surface area contributed by atoms with Gasteiger partial charge >= 0.3 is 0 Å². The number of nitrogens with one attached hydrogen (secondary N) is 1. The lowest BCUT2D eigenvalue weighted by Gasteiger charge is -2.15. The van der Waals surface area contributed by atoms with E-state index < -0.39 is 0 Å². The summed E-state index contributed by atoms with van der Waals surface area (Å²) in [6.45, 7) is 2.79. The molecule has 3 aromatic heterocycles. The number of fused-ring (bicyclic) bond motifs is 1. The van der Waals surface area contributed by atoms with E-state index in [2.05, 4.69) is 49.8 Å². The van der Waals surface area contributed by atoms with Gasteiger partial charge in [-0.05, 0) is 24.6 Å². The molecule has 3 heterocycles. The topological polar surface area (TPSA) is 77.8 Å². The minimum absolute atomic E-state index is 0.137. The van der Waals surface area contributed by atoms with E-state index in [-0.39, 0.29) is 6.04 Å². The maximum absolute atomic E-state index is 5.25. The maximum atomic E-state index is 5.25. The Bertz CT molecular complexity index is 996. The summed E-state index contributed by atoms with van der Waals surface area (Å²) in [5.41, 5.74) is 2.22. The molecule has 0 saturated carbocycles. The van der Waals surface area contributed by atoms with Gasteiger partial charge in [-0.25, -0.2) is 15.0 Å². The quantitative estimate of drug-likeness (QED) is 0.563. The first-order chi connectivity index (χ1) is 12.7. The Hall–Kier alpha value is -3.00. The summed E-state index contributed by atoms with van der Waals surface area (Å²) in [6, 6.07) is 8.16. The number of benzene rings is 1. The average Bonchev–Trinajstić information content (AvgIpc) is 3.32. The molecule has 0 spiro atoms. The third-order valence-electron chi connectivity index (χ3n) is 4.08. The normalized spacial score (nSPS) is 12.2. The van der Waals surface area contributed by atoms with Gasteiger partial charge < -0.3 is 10.1 Å². The molecule has 7 nitrogen and oxygen atoms in total. The summed E-state index contributed by atoms with van der Waals surface area (Å²) >= 11 is 1.62. The highest BCUT2D eigenvalue weighted by molar-refractivity contribution is 7.17. The summed E-state index contributed by atoms with van der Waals surface area (Å²) < 4.78 is 7.05. The second kappa shape index (κ2) is 7.09. The number of hydrogen-bond acceptors (Lipinski definition) is 7. The Balaban J connectivity index is 1.67. The van der Waals surface area contributed by atoms with Gasteiger partial charge in [0, 0.05) is 17.0 Å². The standard InChI is InChI=1S/C18H18N6OS/c1-12(7-24-11-19-9-22-24)23-17-16-15(8-26-18(16)21-10-20-17)13-3-5-14(25-2)6-4-13/h3-6,8-12H,7H2,1-2H3,(H,20,21,23)/t12-/m0/s1. The van der Waals surface area contributed by atoms with Crippen LogP contribution in [0.15, 0.2) is 48.6 Å². The van der Waals surface area contributed by atoms with Crippen molar-refractivity contribution in [2.45, 2.75) is 19.5 Å². The van der Waals surface area contributed by atoms with E-state index in [0.29, 0.717) is 6.54 Å². The van der Waals surface area contributed by atoms with Gasteiger partial charge in [0.2, 0.25) is 0 Å². The van der Waals surface area contributed by atoms with Crippen molar-refractivity contribution < 1.29 is 4.74 Å². The molecule has 1 N–H and O–H groups in total. The third kappa shape index (κ3) is 3.23. The molecule has 0 aliphatic carbocycles. The molecule has 0 aliphatic heterocycles. The molecular weight excluding hydrogens is 348 g/mol. The number of methoxy groups -OCH3 is 1. The van der Waals surface area contributed by atoms with Crippen molar-refractivity contribution >= 4 is 27.4 Å². The zero-order chi connectivity index (χ0) is 17.9. The Morgan fingerprint density at radius 2 is 2.04 bits per heavy atom. The van der Waals surface area contributed by atoms with E-state index >= 15 is 0 Å². The molecule has 0 radical (unpaired) electrons. The Labute approximate surface area is 154 Å². The number of ether oxygens (including phenoxy) is 1. The van der Waals surface area contributed by atoms with Crippen molar-refractivity contribution in [1.82, 2.24) is 24.7 Å². The van der Waals surface area contributed by atoms with Crippen molar-refractivity contribution in [2.24, 2.45) is 0 Å². The molecule has 4 rings (SSSR count). The fourth-order valence-corrected chi connectivity index (χ4v) is 3.77. The molecule has 4 aromatic rings. The van der Waals surface area contributed by atoms with Crippen LogP contribution >= 0.6 is 11.3 Å². The lowest BCUT2D eigenvalue weighted by atomic mass is 10.1. The predicted octanol–water partition coefficient (Wildman–Crippen LogP) is 3.46. The average molecular weight is 366 g/mol. The largest absolute Gasteiger partial charge is 0.497 e. The van der Waals surface area contributed by atoms with E-state index in [9.17, 15) is 0 Å². The van der Waals surface area contributed by atoms with Gasteiger partial charge in [0.05, 0.1) is 19.0 Å². The van der Waals surface area contributed by atoms with E-state index in [1.807, 2.05) is 12.1 Å². The van der Waals surface area contributed by atoms with Crippen molar-refractivity contribution in [1.29, 1.82) is 0 Å².